The highest BCUT2D eigenvalue weighted by Crippen LogP contribution is 2.21. The monoisotopic (exact) mass is 481 g/mol. The lowest BCUT2D eigenvalue weighted by Crippen LogP contribution is -2.50. The number of carbonyl (C=O) groups excluding carboxylic acids is 2. The van der Waals surface area contributed by atoms with Gasteiger partial charge in [0, 0.05) is 10.0 Å². The molecule has 1 unspecified atom stereocenters. The van der Waals surface area contributed by atoms with E-state index in [1.165, 1.54) is 24.3 Å². The van der Waals surface area contributed by atoms with Crippen molar-refractivity contribution in [2.75, 3.05) is 12.3 Å². The molecule has 0 saturated heterocycles. The van der Waals surface area contributed by atoms with Gasteiger partial charge in [-0.15, -0.1) is 0 Å². The fourth-order valence-electron chi connectivity index (χ4n) is 2.47. The molecule has 0 fully saturated rings. The summed E-state index contributed by atoms with van der Waals surface area (Å²) >= 11 is 3.17. The third kappa shape index (κ3) is 6.96. The molecule has 2 aromatic rings. The summed E-state index contributed by atoms with van der Waals surface area (Å²) in [6.45, 7) is -0.341. The lowest BCUT2D eigenvalue weighted by Gasteiger charge is -2.18. The molecule has 2 aromatic carbocycles. The number of nitrogens with zero attached hydrogens (tertiary/aromatic N) is 1. The molecule has 0 radical (unpaired) electrons. The Morgan fingerprint density at radius 3 is 2.52 bits per heavy atom. The lowest BCUT2D eigenvalue weighted by molar-refractivity contribution is -0.122. The first-order valence-electron chi connectivity index (χ1n) is 8.37. The predicted octanol–water partition coefficient (Wildman–Crippen LogP) is 1.94. The first-order chi connectivity index (χ1) is 13.7. The number of halogens is 2. The zero-order valence-electron chi connectivity index (χ0n) is 15.1. The van der Waals surface area contributed by atoms with Crippen molar-refractivity contribution >= 4 is 37.6 Å². The van der Waals surface area contributed by atoms with Crippen LogP contribution in [0.5, 0.6) is 0 Å². The summed E-state index contributed by atoms with van der Waals surface area (Å²) in [4.78, 5) is 24.7. The molecule has 0 bridgehead atoms. The predicted molar refractivity (Wildman–Crippen MR) is 108 cm³/mol. The summed E-state index contributed by atoms with van der Waals surface area (Å²) in [5.41, 5.74) is 0.437. The molecule has 0 saturated carbocycles. The maximum atomic E-state index is 13.4. The highest BCUT2D eigenvalue weighted by Gasteiger charge is 2.28. The Kier molecular flexibility index (Phi) is 7.87. The van der Waals surface area contributed by atoms with Crippen molar-refractivity contribution in [1.82, 2.24) is 10.6 Å². The van der Waals surface area contributed by atoms with Gasteiger partial charge in [-0.2, -0.15) is 5.26 Å². The van der Waals surface area contributed by atoms with E-state index in [1.807, 2.05) is 0 Å². The summed E-state index contributed by atoms with van der Waals surface area (Å²) in [6.07, 6.45) is 0. The van der Waals surface area contributed by atoms with Crippen molar-refractivity contribution in [3.8, 4) is 6.07 Å². The van der Waals surface area contributed by atoms with Crippen LogP contribution in [0.15, 0.2) is 53.0 Å². The number of rotatable bonds is 8. The van der Waals surface area contributed by atoms with E-state index in [0.29, 0.717) is 4.47 Å². The van der Waals surface area contributed by atoms with E-state index in [-0.39, 0.29) is 17.7 Å². The van der Waals surface area contributed by atoms with E-state index < -0.39 is 45.0 Å². The summed E-state index contributed by atoms with van der Waals surface area (Å²) in [5.74, 6) is -3.29. The van der Waals surface area contributed by atoms with Crippen LogP contribution >= 0.6 is 15.9 Å². The minimum Gasteiger partial charge on any atom is -0.341 e. The number of benzene rings is 2. The van der Waals surface area contributed by atoms with Crippen molar-refractivity contribution in [3.05, 3.63) is 69.9 Å². The van der Waals surface area contributed by atoms with E-state index >= 15 is 0 Å². The van der Waals surface area contributed by atoms with Crippen LogP contribution in [0.2, 0.25) is 0 Å². The van der Waals surface area contributed by atoms with Crippen molar-refractivity contribution in [3.63, 3.8) is 0 Å². The molecule has 0 spiro atoms. The van der Waals surface area contributed by atoms with Crippen LogP contribution in [-0.4, -0.2) is 38.6 Å². The summed E-state index contributed by atoms with van der Waals surface area (Å²) in [7, 11) is -3.93. The number of nitriles is 1. The Morgan fingerprint density at radius 1 is 1.17 bits per heavy atom. The number of hydrogen-bond acceptors (Lipinski definition) is 5. The average Bonchev–Trinajstić information content (AvgIpc) is 2.68. The van der Waals surface area contributed by atoms with Crippen LogP contribution in [0.1, 0.15) is 15.9 Å². The van der Waals surface area contributed by atoms with Crippen LogP contribution < -0.4 is 10.6 Å². The summed E-state index contributed by atoms with van der Waals surface area (Å²) < 4.78 is 39.1. The standard InChI is InChI=1S/C19H17BrFN3O4S/c20-16-7-6-15(21)10-14(16)11-29(27,28)12-17(19(26)23-9-8-22)24-18(25)13-4-2-1-3-5-13/h1-7,10,17H,9,11-12H2,(H,23,26)(H,24,25). The summed E-state index contributed by atoms with van der Waals surface area (Å²) in [6, 6.07) is 11.9. The number of nitrogens with one attached hydrogen (secondary N) is 2. The molecule has 10 heteroatoms. The third-order valence-corrected chi connectivity index (χ3v) is 6.17. The maximum Gasteiger partial charge on any atom is 0.251 e. The topological polar surface area (TPSA) is 116 Å². The zero-order chi connectivity index (χ0) is 21.4. The van der Waals surface area contributed by atoms with Gasteiger partial charge in [0.1, 0.15) is 18.4 Å². The fourth-order valence-corrected chi connectivity index (χ4v) is 4.61. The Hall–Kier alpha value is -2.77. The number of hydrogen-bond donors (Lipinski definition) is 2. The molecule has 2 rings (SSSR count). The van der Waals surface area contributed by atoms with Gasteiger partial charge in [0.05, 0.1) is 17.6 Å². The van der Waals surface area contributed by atoms with Crippen LogP contribution in [0, 0.1) is 17.1 Å². The Bertz CT molecular complexity index is 1040. The molecule has 2 N–H and O–H groups in total. The molecule has 0 heterocycles. The molecule has 152 valence electrons. The smallest absolute Gasteiger partial charge is 0.251 e. The second-order valence-corrected chi connectivity index (χ2v) is 9.02. The molecule has 0 aliphatic carbocycles. The molecule has 29 heavy (non-hydrogen) atoms. The largest absolute Gasteiger partial charge is 0.341 e. The van der Waals surface area contributed by atoms with Gasteiger partial charge in [-0.1, -0.05) is 34.1 Å². The SMILES string of the molecule is N#CCNC(=O)C(CS(=O)(=O)Cc1cc(F)ccc1Br)NC(=O)c1ccccc1. The van der Waals surface area contributed by atoms with Crippen molar-refractivity contribution in [2.24, 2.45) is 0 Å². The first-order valence-corrected chi connectivity index (χ1v) is 11.0. The molecule has 1 atom stereocenters. The van der Waals surface area contributed by atoms with Crippen molar-refractivity contribution in [2.45, 2.75) is 11.8 Å². The van der Waals surface area contributed by atoms with Crippen LogP contribution in [0.3, 0.4) is 0 Å². The second-order valence-electron chi connectivity index (χ2n) is 6.06. The van der Waals surface area contributed by atoms with E-state index in [4.69, 9.17) is 5.26 Å². The van der Waals surface area contributed by atoms with E-state index in [0.717, 1.165) is 6.07 Å². The second kappa shape index (κ2) is 10.1. The minimum absolute atomic E-state index is 0.190. The first kappa shape index (κ1) is 22.5. The number of sulfone groups is 1. The third-order valence-electron chi connectivity index (χ3n) is 3.80. The molecule has 0 aromatic heterocycles. The molecular formula is C19H17BrFN3O4S. The van der Waals surface area contributed by atoms with E-state index in [9.17, 15) is 22.4 Å². The van der Waals surface area contributed by atoms with Gasteiger partial charge in [0.15, 0.2) is 9.84 Å². The maximum absolute atomic E-state index is 13.4. The normalized spacial score (nSPS) is 11.9. The van der Waals surface area contributed by atoms with Gasteiger partial charge in [0.25, 0.3) is 5.91 Å². The van der Waals surface area contributed by atoms with Gasteiger partial charge in [-0.3, -0.25) is 9.59 Å². The quantitative estimate of drug-likeness (QED) is 0.558. The fraction of sp³-hybridized carbons (Fsp3) is 0.211. The molecule has 2 amide bonds. The minimum atomic E-state index is -3.93. The molecular weight excluding hydrogens is 465 g/mol. The van der Waals surface area contributed by atoms with Gasteiger partial charge < -0.3 is 10.6 Å². The van der Waals surface area contributed by atoms with Crippen molar-refractivity contribution in [1.29, 1.82) is 5.26 Å². The van der Waals surface area contributed by atoms with Gasteiger partial charge in [-0.25, -0.2) is 12.8 Å². The van der Waals surface area contributed by atoms with E-state index in [2.05, 4.69) is 26.6 Å². The molecule has 7 nitrogen and oxygen atoms in total. The zero-order valence-corrected chi connectivity index (χ0v) is 17.5. The Labute approximate surface area is 176 Å². The van der Waals surface area contributed by atoms with Gasteiger partial charge in [0.2, 0.25) is 5.91 Å². The molecule has 0 aliphatic heterocycles. The Balaban J connectivity index is 2.21. The summed E-state index contributed by atoms with van der Waals surface area (Å²) in [5, 5.41) is 13.3. The highest BCUT2D eigenvalue weighted by molar-refractivity contribution is 9.10. The number of carbonyl (C=O) groups is 2. The lowest BCUT2D eigenvalue weighted by atomic mass is 10.2. The van der Waals surface area contributed by atoms with Crippen LogP contribution in [0.25, 0.3) is 0 Å². The molecule has 0 aliphatic rings. The van der Waals surface area contributed by atoms with Crippen molar-refractivity contribution < 1.29 is 22.4 Å². The van der Waals surface area contributed by atoms with Crippen LogP contribution in [0.4, 0.5) is 4.39 Å². The average molecular weight is 482 g/mol. The Morgan fingerprint density at radius 2 is 1.86 bits per heavy atom. The van der Waals surface area contributed by atoms with Gasteiger partial charge in [-0.05, 0) is 35.9 Å². The highest BCUT2D eigenvalue weighted by atomic mass is 79.9. The number of amides is 2. The van der Waals surface area contributed by atoms with E-state index in [1.54, 1.807) is 24.3 Å². The van der Waals surface area contributed by atoms with Gasteiger partial charge >= 0.3 is 0 Å². The van der Waals surface area contributed by atoms with Crippen LogP contribution in [-0.2, 0) is 20.4 Å².